The van der Waals surface area contributed by atoms with E-state index in [0.717, 1.165) is 0 Å². The molecule has 5 nitrogen and oxygen atoms in total. The summed E-state index contributed by atoms with van der Waals surface area (Å²) in [5.74, 6) is 0.246. The third kappa shape index (κ3) is 4.93. The van der Waals surface area contributed by atoms with Crippen molar-refractivity contribution in [2.45, 2.75) is 13.8 Å². The van der Waals surface area contributed by atoms with E-state index in [2.05, 4.69) is 25.4 Å². The maximum atomic E-state index is 11.7. The molecule has 1 rings (SSSR count). The third-order valence-corrected chi connectivity index (χ3v) is 3.64. The zero-order valence-corrected chi connectivity index (χ0v) is 12.1. The summed E-state index contributed by atoms with van der Waals surface area (Å²) in [4.78, 5) is 0. The molecular formula is C10H16BrN3O2S. The second-order valence-corrected chi connectivity index (χ2v) is 6.44. The summed E-state index contributed by atoms with van der Waals surface area (Å²) in [6.07, 6.45) is 0. The number of rotatable bonds is 5. The number of anilines is 2. The van der Waals surface area contributed by atoms with E-state index in [9.17, 15) is 8.42 Å². The Bertz CT molecular complexity index is 488. The van der Waals surface area contributed by atoms with Crippen LogP contribution in [0.15, 0.2) is 22.7 Å². The predicted octanol–water partition coefficient (Wildman–Crippen LogP) is 1.93. The molecule has 96 valence electrons. The number of halogens is 1. The lowest BCUT2D eigenvalue weighted by molar-refractivity contribution is 0.565. The molecule has 0 aliphatic rings. The minimum atomic E-state index is -3.55. The van der Waals surface area contributed by atoms with Crippen LogP contribution in [0.1, 0.15) is 13.8 Å². The van der Waals surface area contributed by atoms with E-state index in [0.29, 0.717) is 22.4 Å². The number of nitrogen functional groups attached to an aromatic ring is 1. The van der Waals surface area contributed by atoms with Gasteiger partial charge in [0, 0.05) is 16.7 Å². The first-order valence-electron chi connectivity index (χ1n) is 5.12. The van der Waals surface area contributed by atoms with Crippen molar-refractivity contribution in [3.05, 3.63) is 22.7 Å². The highest BCUT2D eigenvalue weighted by Crippen LogP contribution is 2.25. The lowest BCUT2D eigenvalue weighted by Crippen LogP contribution is -2.33. The number of hydrogen-bond donors (Lipinski definition) is 3. The van der Waals surface area contributed by atoms with Gasteiger partial charge in [-0.15, -0.1) is 0 Å². The predicted molar refractivity (Wildman–Crippen MR) is 73.9 cm³/mol. The van der Waals surface area contributed by atoms with Crippen molar-refractivity contribution in [3.63, 3.8) is 0 Å². The fourth-order valence-corrected chi connectivity index (χ4v) is 2.64. The van der Waals surface area contributed by atoms with Crippen molar-refractivity contribution in [2.24, 2.45) is 5.92 Å². The van der Waals surface area contributed by atoms with Crippen molar-refractivity contribution < 1.29 is 8.42 Å². The lowest BCUT2D eigenvalue weighted by Gasteiger charge is -2.12. The van der Waals surface area contributed by atoms with E-state index >= 15 is 0 Å². The van der Waals surface area contributed by atoms with Crippen LogP contribution in [0.25, 0.3) is 0 Å². The lowest BCUT2D eigenvalue weighted by atomic mass is 10.2. The smallest absolute Gasteiger partial charge is 0.299 e. The van der Waals surface area contributed by atoms with E-state index in [-0.39, 0.29) is 5.92 Å². The molecule has 0 saturated heterocycles. The normalized spacial score (nSPS) is 11.8. The SMILES string of the molecule is CC(C)CNS(=O)(=O)Nc1cc(N)ccc1Br. The van der Waals surface area contributed by atoms with Crippen LogP contribution in [0.2, 0.25) is 0 Å². The Labute approximate surface area is 110 Å². The maximum absolute atomic E-state index is 11.7. The molecule has 1 aromatic carbocycles. The second kappa shape index (κ2) is 5.70. The maximum Gasteiger partial charge on any atom is 0.299 e. The van der Waals surface area contributed by atoms with E-state index < -0.39 is 10.2 Å². The molecule has 0 unspecified atom stereocenters. The average molecular weight is 322 g/mol. The fourth-order valence-electron chi connectivity index (χ4n) is 1.08. The van der Waals surface area contributed by atoms with Crippen LogP contribution in [-0.4, -0.2) is 15.0 Å². The van der Waals surface area contributed by atoms with Gasteiger partial charge in [-0.05, 0) is 40.0 Å². The quantitative estimate of drug-likeness (QED) is 0.724. The topological polar surface area (TPSA) is 84.2 Å². The summed E-state index contributed by atoms with van der Waals surface area (Å²) >= 11 is 3.25. The second-order valence-electron chi connectivity index (χ2n) is 4.09. The molecule has 0 aliphatic carbocycles. The molecule has 0 aromatic heterocycles. The Balaban J connectivity index is 2.79. The first-order valence-corrected chi connectivity index (χ1v) is 7.40. The first kappa shape index (κ1) is 14.3. The van der Waals surface area contributed by atoms with Crippen molar-refractivity contribution >= 4 is 37.5 Å². The Kier molecular flexibility index (Phi) is 4.79. The monoisotopic (exact) mass is 321 g/mol. The van der Waals surface area contributed by atoms with Gasteiger partial charge in [-0.2, -0.15) is 13.1 Å². The molecule has 0 radical (unpaired) electrons. The van der Waals surface area contributed by atoms with Gasteiger partial charge in [0.2, 0.25) is 0 Å². The Hall–Kier alpha value is -0.790. The van der Waals surface area contributed by atoms with Gasteiger partial charge in [0.05, 0.1) is 5.69 Å². The molecule has 0 amide bonds. The summed E-state index contributed by atoms with van der Waals surface area (Å²) in [5, 5.41) is 0. The van der Waals surface area contributed by atoms with E-state index in [1.54, 1.807) is 18.2 Å². The van der Waals surface area contributed by atoms with Crippen LogP contribution >= 0.6 is 15.9 Å². The molecule has 4 N–H and O–H groups in total. The summed E-state index contributed by atoms with van der Waals surface area (Å²) in [7, 11) is -3.55. The van der Waals surface area contributed by atoms with Crippen LogP contribution in [-0.2, 0) is 10.2 Å². The van der Waals surface area contributed by atoms with E-state index in [1.807, 2.05) is 13.8 Å². The molecule has 0 heterocycles. The molecule has 0 atom stereocenters. The molecule has 7 heteroatoms. The number of benzene rings is 1. The third-order valence-electron chi connectivity index (χ3n) is 1.92. The highest BCUT2D eigenvalue weighted by molar-refractivity contribution is 9.10. The summed E-state index contributed by atoms with van der Waals surface area (Å²) in [6.45, 7) is 4.24. The van der Waals surface area contributed by atoms with Crippen LogP contribution in [0.3, 0.4) is 0 Å². The summed E-state index contributed by atoms with van der Waals surface area (Å²) in [5.41, 5.74) is 6.51. The molecule has 0 aliphatic heterocycles. The van der Waals surface area contributed by atoms with Crippen molar-refractivity contribution in [1.82, 2.24) is 4.72 Å². The van der Waals surface area contributed by atoms with Crippen molar-refractivity contribution in [1.29, 1.82) is 0 Å². The minimum absolute atomic E-state index is 0.246. The molecular weight excluding hydrogens is 306 g/mol. The van der Waals surface area contributed by atoms with Crippen molar-refractivity contribution in [2.75, 3.05) is 17.0 Å². The average Bonchev–Trinajstić information content (AvgIpc) is 2.20. The van der Waals surface area contributed by atoms with Crippen LogP contribution < -0.4 is 15.2 Å². The van der Waals surface area contributed by atoms with Gasteiger partial charge >= 0.3 is 0 Å². The van der Waals surface area contributed by atoms with Gasteiger partial charge in [-0.3, -0.25) is 4.72 Å². The van der Waals surface area contributed by atoms with Crippen LogP contribution in [0.5, 0.6) is 0 Å². The Morgan fingerprint density at radius 2 is 2.06 bits per heavy atom. The summed E-state index contributed by atoms with van der Waals surface area (Å²) in [6, 6.07) is 4.93. The molecule has 0 fully saturated rings. The zero-order chi connectivity index (χ0) is 13.1. The number of nitrogens with two attached hydrogens (primary N) is 1. The molecule has 0 saturated carbocycles. The summed E-state index contributed by atoms with van der Waals surface area (Å²) < 4.78 is 28.9. The number of hydrogen-bond acceptors (Lipinski definition) is 3. The fraction of sp³-hybridized carbons (Fsp3) is 0.400. The van der Waals surface area contributed by atoms with E-state index in [1.165, 1.54) is 0 Å². The van der Waals surface area contributed by atoms with Crippen LogP contribution in [0, 0.1) is 5.92 Å². The van der Waals surface area contributed by atoms with Crippen molar-refractivity contribution in [3.8, 4) is 0 Å². The van der Waals surface area contributed by atoms with Gasteiger partial charge in [-0.1, -0.05) is 13.8 Å². The van der Waals surface area contributed by atoms with Crippen LogP contribution in [0.4, 0.5) is 11.4 Å². The van der Waals surface area contributed by atoms with Gasteiger partial charge in [0.1, 0.15) is 0 Å². The van der Waals surface area contributed by atoms with Gasteiger partial charge in [0.25, 0.3) is 10.2 Å². The molecule has 0 spiro atoms. The minimum Gasteiger partial charge on any atom is -0.399 e. The first-order chi connectivity index (χ1) is 7.80. The van der Waals surface area contributed by atoms with Gasteiger partial charge in [-0.25, -0.2) is 0 Å². The molecule has 1 aromatic rings. The molecule has 17 heavy (non-hydrogen) atoms. The Morgan fingerprint density at radius 1 is 1.41 bits per heavy atom. The van der Waals surface area contributed by atoms with Gasteiger partial charge in [0.15, 0.2) is 0 Å². The largest absolute Gasteiger partial charge is 0.399 e. The Morgan fingerprint density at radius 3 is 2.65 bits per heavy atom. The number of nitrogens with one attached hydrogen (secondary N) is 2. The van der Waals surface area contributed by atoms with Gasteiger partial charge < -0.3 is 5.73 Å². The standard InChI is InChI=1S/C10H16BrN3O2S/c1-7(2)6-13-17(15,16)14-10-5-8(12)3-4-9(10)11/h3-5,7,13-14H,6,12H2,1-2H3. The highest BCUT2D eigenvalue weighted by atomic mass is 79.9. The van der Waals surface area contributed by atoms with E-state index in [4.69, 9.17) is 5.73 Å². The highest BCUT2D eigenvalue weighted by Gasteiger charge is 2.12. The molecule has 0 bridgehead atoms. The zero-order valence-electron chi connectivity index (χ0n) is 9.70.